The van der Waals surface area contributed by atoms with Crippen LogP contribution in [0.5, 0.6) is 0 Å². The zero-order valence-electron chi connectivity index (χ0n) is 17.1. The zero-order chi connectivity index (χ0) is 20.3. The number of nitrogens with two attached hydrogens (primary N) is 1. The predicted octanol–water partition coefficient (Wildman–Crippen LogP) is 2.89. The minimum atomic E-state index is 0.485. The van der Waals surface area contributed by atoms with Gasteiger partial charge in [-0.25, -0.2) is 19.9 Å². The summed E-state index contributed by atoms with van der Waals surface area (Å²) in [4.78, 5) is 22.8. The summed E-state index contributed by atoms with van der Waals surface area (Å²) in [6.07, 6.45) is 8.29. The number of ether oxygens (including phenoxy) is 1. The van der Waals surface area contributed by atoms with Gasteiger partial charge in [-0.15, -0.1) is 0 Å². The number of rotatable bonds is 3. The van der Waals surface area contributed by atoms with E-state index in [4.69, 9.17) is 20.4 Å². The highest BCUT2D eigenvalue weighted by atomic mass is 16.5. The van der Waals surface area contributed by atoms with E-state index in [1.165, 1.54) is 32.0 Å². The smallest absolute Gasteiger partial charge is 0.167 e. The van der Waals surface area contributed by atoms with E-state index in [1.807, 2.05) is 6.20 Å². The maximum atomic E-state index is 6.25. The molecule has 2 N–H and O–H groups in total. The Morgan fingerprint density at radius 3 is 2.40 bits per heavy atom. The fourth-order valence-corrected chi connectivity index (χ4v) is 4.29. The second kappa shape index (κ2) is 8.39. The first-order chi connectivity index (χ1) is 14.8. The number of fused-ring (bicyclic) bond motifs is 1. The van der Waals surface area contributed by atoms with Crippen LogP contribution in [0.4, 0.5) is 17.3 Å². The Hall–Kier alpha value is -3.00. The molecule has 0 spiro atoms. The molecule has 8 heteroatoms. The average molecular weight is 406 g/mol. The number of anilines is 3. The van der Waals surface area contributed by atoms with E-state index in [-0.39, 0.29) is 0 Å². The van der Waals surface area contributed by atoms with Gasteiger partial charge < -0.3 is 20.3 Å². The molecule has 3 aromatic rings. The lowest BCUT2D eigenvalue weighted by molar-refractivity contribution is 0.122. The summed E-state index contributed by atoms with van der Waals surface area (Å²) >= 11 is 0. The molecule has 2 aliphatic heterocycles. The first-order valence-electron chi connectivity index (χ1n) is 10.7. The van der Waals surface area contributed by atoms with Crippen molar-refractivity contribution in [3.05, 3.63) is 30.7 Å². The Balaban J connectivity index is 1.54. The third-order valence-electron chi connectivity index (χ3n) is 5.94. The molecule has 0 unspecified atom stereocenters. The van der Waals surface area contributed by atoms with Gasteiger partial charge in [-0.2, -0.15) is 0 Å². The normalized spacial score (nSPS) is 17.9. The van der Waals surface area contributed by atoms with Crippen molar-refractivity contribution >= 4 is 28.4 Å². The molecule has 3 aromatic heterocycles. The van der Waals surface area contributed by atoms with Crippen LogP contribution in [0.2, 0.25) is 0 Å². The van der Waals surface area contributed by atoms with Crippen LogP contribution in [0.15, 0.2) is 30.7 Å². The molecule has 0 atom stereocenters. The Morgan fingerprint density at radius 2 is 1.67 bits per heavy atom. The minimum absolute atomic E-state index is 0.485. The minimum Gasteiger partial charge on any atom is -0.383 e. The Morgan fingerprint density at radius 1 is 0.867 bits per heavy atom. The van der Waals surface area contributed by atoms with Crippen LogP contribution in [0.3, 0.4) is 0 Å². The summed E-state index contributed by atoms with van der Waals surface area (Å²) in [5.74, 6) is 1.46. The van der Waals surface area contributed by atoms with E-state index >= 15 is 0 Å². The molecule has 0 aliphatic carbocycles. The summed E-state index contributed by atoms with van der Waals surface area (Å²) in [5.41, 5.74) is 9.80. The largest absolute Gasteiger partial charge is 0.383 e. The van der Waals surface area contributed by atoms with E-state index in [2.05, 4.69) is 38.0 Å². The Bertz CT molecular complexity index is 1010. The second-order valence-electron chi connectivity index (χ2n) is 7.89. The van der Waals surface area contributed by atoms with Crippen molar-refractivity contribution in [2.45, 2.75) is 25.7 Å². The monoisotopic (exact) mass is 405 g/mol. The Labute approximate surface area is 176 Å². The van der Waals surface area contributed by atoms with Gasteiger partial charge >= 0.3 is 0 Å². The van der Waals surface area contributed by atoms with Gasteiger partial charge in [-0.05, 0) is 31.0 Å². The third-order valence-corrected chi connectivity index (χ3v) is 5.94. The maximum absolute atomic E-state index is 6.25. The van der Waals surface area contributed by atoms with Crippen LogP contribution in [0.1, 0.15) is 25.7 Å². The molecule has 0 radical (unpaired) electrons. The van der Waals surface area contributed by atoms with E-state index in [1.54, 1.807) is 0 Å². The van der Waals surface area contributed by atoms with Crippen LogP contribution >= 0.6 is 0 Å². The number of hydrogen-bond donors (Lipinski definition) is 1. The number of nitrogens with zero attached hydrogens (tertiary/aromatic N) is 6. The molecular weight excluding hydrogens is 378 g/mol. The van der Waals surface area contributed by atoms with E-state index in [0.717, 1.165) is 67.5 Å². The molecule has 156 valence electrons. The van der Waals surface area contributed by atoms with Gasteiger partial charge in [0.25, 0.3) is 0 Å². The highest BCUT2D eigenvalue weighted by molar-refractivity contribution is 5.99. The molecule has 0 aromatic carbocycles. The Kier molecular flexibility index (Phi) is 5.31. The van der Waals surface area contributed by atoms with Crippen LogP contribution < -0.4 is 15.5 Å². The topological polar surface area (TPSA) is 93.3 Å². The van der Waals surface area contributed by atoms with Crippen molar-refractivity contribution in [1.82, 2.24) is 19.9 Å². The quantitative estimate of drug-likeness (QED) is 0.711. The SMILES string of the molecule is Nc1ncnc2nc(-c3ccc(N4CCOCC4)nc3)cc(N3CCCCCC3)c12. The zero-order valence-corrected chi connectivity index (χ0v) is 17.1. The first kappa shape index (κ1) is 19.0. The van der Waals surface area contributed by atoms with E-state index in [0.29, 0.717) is 11.5 Å². The molecule has 30 heavy (non-hydrogen) atoms. The van der Waals surface area contributed by atoms with Crippen LogP contribution in [0, 0.1) is 0 Å². The standard InChI is InChI=1S/C22H27N7O/c23-21-20-18(28-7-3-1-2-4-8-28)13-17(27-22(20)26-15-25-21)16-5-6-19(24-14-16)29-9-11-30-12-10-29/h5-6,13-15H,1-4,7-12H2,(H2,23,25,26,27). The van der Waals surface area contributed by atoms with Gasteiger partial charge in [0.2, 0.25) is 0 Å². The number of morpholine rings is 1. The summed E-state index contributed by atoms with van der Waals surface area (Å²) in [7, 11) is 0. The van der Waals surface area contributed by atoms with Crippen LogP contribution in [-0.2, 0) is 4.74 Å². The van der Waals surface area contributed by atoms with Crippen LogP contribution in [0.25, 0.3) is 22.3 Å². The number of pyridine rings is 2. The van der Waals surface area contributed by atoms with Crippen molar-refractivity contribution < 1.29 is 4.74 Å². The highest BCUT2D eigenvalue weighted by Crippen LogP contribution is 2.34. The average Bonchev–Trinajstić information content (AvgIpc) is 3.09. The molecule has 2 saturated heterocycles. The van der Waals surface area contributed by atoms with Crippen molar-refractivity contribution in [2.75, 3.05) is 54.9 Å². The maximum Gasteiger partial charge on any atom is 0.167 e. The molecular formula is C22H27N7O. The van der Waals surface area contributed by atoms with Gasteiger partial charge in [0.15, 0.2) is 5.65 Å². The summed E-state index contributed by atoms with van der Waals surface area (Å²) < 4.78 is 5.44. The van der Waals surface area contributed by atoms with Crippen molar-refractivity contribution in [2.24, 2.45) is 0 Å². The molecule has 0 saturated carbocycles. The van der Waals surface area contributed by atoms with Crippen molar-refractivity contribution in [3.8, 4) is 11.3 Å². The lowest BCUT2D eigenvalue weighted by atomic mass is 10.1. The fourth-order valence-electron chi connectivity index (χ4n) is 4.29. The summed E-state index contributed by atoms with van der Waals surface area (Å²) in [6.45, 7) is 5.26. The molecule has 5 heterocycles. The molecule has 0 bridgehead atoms. The van der Waals surface area contributed by atoms with E-state index < -0.39 is 0 Å². The van der Waals surface area contributed by atoms with Crippen molar-refractivity contribution in [3.63, 3.8) is 0 Å². The van der Waals surface area contributed by atoms with Gasteiger partial charge in [0, 0.05) is 37.9 Å². The van der Waals surface area contributed by atoms with Gasteiger partial charge in [-0.1, -0.05) is 12.8 Å². The molecule has 2 fully saturated rings. The highest BCUT2D eigenvalue weighted by Gasteiger charge is 2.19. The predicted molar refractivity (Wildman–Crippen MR) is 119 cm³/mol. The third kappa shape index (κ3) is 3.75. The molecule has 8 nitrogen and oxygen atoms in total. The number of hydrogen-bond acceptors (Lipinski definition) is 8. The van der Waals surface area contributed by atoms with Gasteiger partial charge in [0.1, 0.15) is 18.0 Å². The lowest BCUT2D eigenvalue weighted by Gasteiger charge is -2.27. The summed E-state index contributed by atoms with van der Waals surface area (Å²) in [6, 6.07) is 6.27. The van der Waals surface area contributed by atoms with Gasteiger partial charge in [0.05, 0.1) is 30.0 Å². The molecule has 0 amide bonds. The lowest BCUT2D eigenvalue weighted by Crippen LogP contribution is -2.36. The first-order valence-corrected chi connectivity index (χ1v) is 10.7. The van der Waals surface area contributed by atoms with E-state index in [9.17, 15) is 0 Å². The van der Waals surface area contributed by atoms with Crippen LogP contribution in [-0.4, -0.2) is 59.3 Å². The van der Waals surface area contributed by atoms with Gasteiger partial charge in [-0.3, -0.25) is 0 Å². The molecule has 2 aliphatic rings. The van der Waals surface area contributed by atoms with Crippen molar-refractivity contribution in [1.29, 1.82) is 0 Å². The fraction of sp³-hybridized carbons (Fsp3) is 0.455. The second-order valence-corrected chi connectivity index (χ2v) is 7.89. The number of aromatic nitrogens is 4. The summed E-state index contributed by atoms with van der Waals surface area (Å²) in [5, 5.41) is 0.848. The number of nitrogen functional groups attached to an aromatic ring is 1. The molecule has 5 rings (SSSR count).